The predicted octanol–water partition coefficient (Wildman–Crippen LogP) is 5.51. The maximum atomic E-state index is 5.61. The van der Waals surface area contributed by atoms with Crippen molar-refractivity contribution >= 4 is 45.3 Å². The Hall–Kier alpha value is -4.72. The Kier molecular flexibility index (Phi) is 4.92. The van der Waals surface area contributed by atoms with Gasteiger partial charge in [-0.05, 0) is 52.3 Å². The molecule has 6 rings (SSSR count). The molecule has 3 aromatic heterocycles. The number of fused-ring (bicyclic) bond motifs is 4. The van der Waals surface area contributed by atoms with Gasteiger partial charge in [0.05, 0.1) is 19.9 Å². The minimum atomic E-state index is 0.326. The van der Waals surface area contributed by atoms with Crippen LogP contribution < -0.4 is 9.47 Å². The van der Waals surface area contributed by atoms with Gasteiger partial charge in [0.2, 0.25) is 11.3 Å². The highest BCUT2D eigenvalue weighted by Gasteiger charge is 2.17. The monoisotopic (exact) mass is 463 g/mol. The van der Waals surface area contributed by atoms with Gasteiger partial charge >= 0.3 is 0 Å². The van der Waals surface area contributed by atoms with Gasteiger partial charge in [-0.2, -0.15) is 0 Å². The molecule has 0 aliphatic heterocycles. The van der Waals surface area contributed by atoms with E-state index in [1.54, 1.807) is 14.2 Å². The van der Waals surface area contributed by atoms with Crippen molar-refractivity contribution in [2.45, 2.75) is 0 Å². The minimum Gasteiger partial charge on any atom is -0.497 e. The third-order valence-corrected chi connectivity index (χ3v) is 6.18. The summed E-state index contributed by atoms with van der Waals surface area (Å²) in [5, 5.41) is 10.2. The Balaban J connectivity index is 1.49. The molecule has 0 bridgehead atoms. The van der Waals surface area contributed by atoms with Gasteiger partial charge in [0.25, 0.3) is 0 Å². The molecule has 0 aliphatic carbocycles. The summed E-state index contributed by atoms with van der Waals surface area (Å²) in [5.74, 6) is 1.30. The van der Waals surface area contributed by atoms with Crippen LogP contribution >= 0.6 is 0 Å². The van der Waals surface area contributed by atoms with Crippen molar-refractivity contribution in [2.24, 2.45) is 7.05 Å². The van der Waals surface area contributed by atoms with Gasteiger partial charge < -0.3 is 14.0 Å². The molecule has 0 unspecified atom stereocenters. The van der Waals surface area contributed by atoms with E-state index in [0.29, 0.717) is 34.2 Å². The molecule has 0 atom stereocenters. The maximum Gasteiger partial charge on any atom is 0.243 e. The maximum absolute atomic E-state index is 5.61. The lowest BCUT2D eigenvalue weighted by Gasteiger charge is -2.11. The van der Waals surface area contributed by atoms with Gasteiger partial charge in [-0.25, -0.2) is 14.6 Å². The lowest BCUT2D eigenvalue weighted by molar-refractivity contribution is 0.314. The Morgan fingerprint density at radius 3 is 2.43 bits per heavy atom. The molecule has 35 heavy (non-hydrogen) atoms. The van der Waals surface area contributed by atoms with Crippen LogP contribution in [0.15, 0.2) is 65.3 Å². The number of aromatic nitrogens is 5. The zero-order valence-electron chi connectivity index (χ0n) is 19.4. The number of ether oxygens (including phenoxy) is 2. The highest BCUT2D eigenvalue weighted by atomic mass is 16.6. The van der Waals surface area contributed by atoms with Crippen molar-refractivity contribution in [1.82, 2.24) is 24.8 Å². The predicted molar refractivity (Wildman–Crippen MR) is 135 cm³/mol. The molecular formula is C27H21N5O3. The van der Waals surface area contributed by atoms with Gasteiger partial charge in [0, 0.05) is 40.5 Å². The molecule has 8 heteroatoms. The smallest absolute Gasteiger partial charge is 0.243 e. The molecular weight excluding hydrogens is 442 g/mol. The standard InChI is InChI=1S/C27H21N5O3/c1-32-22-7-5-4-6-18(22)20-14-16(9-13-23(20)32)8-12-21-25(29-27-26(28-21)30-35-31-27)19-11-10-17(33-2)15-24(19)34-3/h4-15H,1-3H3/b12-8+. The van der Waals surface area contributed by atoms with Crippen molar-refractivity contribution in [3.05, 3.63) is 71.9 Å². The van der Waals surface area contributed by atoms with E-state index in [9.17, 15) is 0 Å². The van der Waals surface area contributed by atoms with E-state index in [4.69, 9.17) is 14.1 Å². The van der Waals surface area contributed by atoms with Crippen LogP contribution in [0.1, 0.15) is 11.3 Å². The Bertz CT molecular complexity index is 1750. The summed E-state index contributed by atoms with van der Waals surface area (Å²) in [6, 6.07) is 20.4. The largest absolute Gasteiger partial charge is 0.497 e. The average molecular weight is 463 g/mol. The summed E-state index contributed by atoms with van der Waals surface area (Å²) in [5.41, 5.74) is 6.08. The van der Waals surface area contributed by atoms with Crippen molar-refractivity contribution in [3.8, 4) is 22.8 Å². The zero-order valence-corrected chi connectivity index (χ0v) is 19.4. The minimum absolute atomic E-state index is 0.326. The zero-order chi connectivity index (χ0) is 23.9. The SMILES string of the molecule is COc1ccc(-c2nc3nonc3nc2/C=C/c2ccc3c(c2)c2ccccc2n3C)c(OC)c1. The van der Waals surface area contributed by atoms with E-state index in [-0.39, 0.29) is 0 Å². The molecule has 0 amide bonds. The van der Waals surface area contributed by atoms with Crippen LogP contribution in [0.3, 0.4) is 0 Å². The molecule has 0 spiro atoms. The molecule has 3 aromatic carbocycles. The van der Waals surface area contributed by atoms with Crippen LogP contribution in [0.25, 0.3) is 56.5 Å². The normalized spacial score (nSPS) is 11.7. The van der Waals surface area contributed by atoms with E-state index >= 15 is 0 Å². The first kappa shape index (κ1) is 20.9. The van der Waals surface area contributed by atoms with E-state index in [1.807, 2.05) is 30.4 Å². The van der Waals surface area contributed by atoms with Gasteiger partial charge in [-0.1, -0.05) is 30.3 Å². The fourth-order valence-corrected chi connectivity index (χ4v) is 4.42. The van der Waals surface area contributed by atoms with Gasteiger partial charge in [-0.15, -0.1) is 0 Å². The molecule has 0 saturated carbocycles. The molecule has 3 heterocycles. The summed E-state index contributed by atoms with van der Waals surface area (Å²) in [7, 11) is 5.31. The van der Waals surface area contributed by atoms with E-state index < -0.39 is 0 Å². The van der Waals surface area contributed by atoms with E-state index in [1.165, 1.54) is 21.8 Å². The quantitative estimate of drug-likeness (QED) is 0.333. The Labute approximate surface area is 200 Å². The van der Waals surface area contributed by atoms with Gasteiger partial charge in [0.1, 0.15) is 17.2 Å². The molecule has 172 valence electrons. The lowest BCUT2D eigenvalue weighted by atomic mass is 10.1. The molecule has 0 fully saturated rings. The molecule has 0 saturated heterocycles. The Morgan fingerprint density at radius 2 is 1.60 bits per heavy atom. The van der Waals surface area contributed by atoms with Crippen LogP contribution in [0.5, 0.6) is 11.5 Å². The first-order chi connectivity index (χ1) is 17.2. The second kappa shape index (κ2) is 8.25. The number of aryl methyl sites for hydroxylation is 1. The van der Waals surface area contributed by atoms with Crippen LogP contribution in [0, 0.1) is 0 Å². The lowest BCUT2D eigenvalue weighted by Crippen LogP contribution is -1.97. The number of rotatable bonds is 5. The summed E-state index contributed by atoms with van der Waals surface area (Å²) in [6.07, 6.45) is 3.94. The average Bonchev–Trinajstić information content (AvgIpc) is 3.48. The highest BCUT2D eigenvalue weighted by Crippen LogP contribution is 2.35. The number of hydrogen-bond donors (Lipinski definition) is 0. The summed E-state index contributed by atoms with van der Waals surface area (Å²) in [4.78, 5) is 9.32. The first-order valence-electron chi connectivity index (χ1n) is 11.0. The first-order valence-corrected chi connectivity index (χ1v) is 11.0. The molecule has 0 radical (unpaired) electrons. The number of para-hydroxylation sites is 1. The molecule has 6 aromatic rings. The Morgan fingerprint density at radius 1 is 0.800 bits per heavy atom. The molecule has 0 aliphatic rings. The van der Waals surface area contributed by atoms with Gasteiger partial charge in [0.15, 0.2) is 0 Å². The van der Waals surface area contributed by atoms with Crippen LogP contribution in [-0.2, 0) is 7.05 Å². The summed E-state index contributed by atoms with van der Waals surface area (Å²) >= 11 is 0. The topological polar surface area (TPSA) is 88.1 Å². The summed E-state index contributed by atoms with van der Waals surface area (Å²) < 4.78 is 18.0. The second-order valence-corrected chi connectivity index (χ2v) is 8.12. The van der Waals surface area contributed by atoms with Gasteiger partial charge in [-0.3, -0.25) is 0 Å². The number of benzene rings is 3. The third-order valence-electron chi connectivity index (χ3n) is 6.18. The van der Waals surface area contributed by atoms with Crippen molar-refractivity contribution < 1.29 is 14.1 Å². The fraction of sp³-hybridized carbons (Fsp3) is 0.111. The summed E-state index contributed by atoms with van der Waals surface area (Å²) in [6.45, 7) is 0. The van der Waals surface area contributed by atoms with E-state index in [0.717, 1.165) is 11.1 Å². The van der Waals surface area contributed by atoms with Crippen LogP contribution in [-0.4, -0.2) is 39.1 Å². The third kappa shape index (κ3) is 3.47. The highest BCUT2D eigenvalue weighted by molar-refractivity contribution is 6.08. The van der Waals surface area contributed by atoms with Crippen molar-refractivity contribution in [3.63, 3.8) is 0 Å². The van der Waals surface area contributed by atoms with Crippen LogP contribution in [0.4, 0.5) is 0 Å². The molecule has 8 nitrogen and oxygen atoms in total. The number of nitrogens with zero attached hydrogens (tertiary/aromatic N) is 5. The van der Waals surface area contributed by atoms with Crippen molar-refractivity contribution in [2.75, 3.05) is 14.2 Å². The number of hydrogen-bond acceptors (Lipinski definition) is 7. The molecule has 0 N–H and O–H groups in total. The number of methoxy groups -OCH3 is 2. The van der Waals surface area contributed by atoms with E-state index in [2.05, 4.69) is 74.4 Å². The fourth-order valence-electron chi connectivity index (χ4n) is 4.42. The van der Waals surface area contributed by atoms with Crippen molar-refractivity contribution in [1.29, 1.82) is 0 Å². The second-order valence-electron chi connectivity index (χ2n) is 8.12. The van der Waals surface area contributed by atoms with Crippen LogP contribution in [0.2, 0.25) is 0 Å².